The van der Waals surface area contributed by atoms with E-state index in [0.29, 0.717) is 22.5 Å². The molecule has 0 fully saturated rings. The zero-order valence-corrected chi connectivity index (χ0v) is 14.8. The van der Waals surface area contributed by atoms with Gasteiger partial charge in [0.05, 0.1) is 23.3 Å². The number of hydrogen-bond acceptors (Lipinski definition) is 3. The molecule has 0 aliphatic rings. The summed E-state index contributed by atoms with van der Waals surface area (Å²) in [6.45, 7) is 2.74. The molecule has 7 heteroatoms. The molecule has 0 spiro atoms. The largest absolute Gasteiger partial charge is 0.329 e. The van der Waals surface area contributed by atoms with Gasteiger partial charge in [-0.3, -0.25) is 4.79 Å². The Labute approximate surface area is 149 Å². The minimum Gasteiger partial charge on any atom is -0.329 e. The molecular weight excluding hydrogens is 338 g/mol. The van der Waals surface area contributed by atoms with Gasteiger partial charge in [0, 0.05) is 24.3 Å². The number of pyridine rings is 1. The molecule has 0 aliphatic carbocycles. The van der Waals surface area contributed by atoms with Gasteiger partial charge >= 0.3 is 0 Å². The lowest BCUT2D eigenvalue weighted by molar-refractivity contribution is 0.338. The van der Waals surface area contributed by atoms with Crippen LogP contribution in [-0.4, -0.2) is 40.1 Å². The Hall–Kier alpha value is -2.80. The molecule has 1 aromatic carbocycles. The molecule has 0 aliphatic heterocycles. The lowest BCUT2D eigenvalue weighted by Gasteiger charge is -2.21. The van der Waals surface area contributed by atoms with E-state index in [2.05, 4.69) is 9.97 Å². The summed E-state index contributed by atoms with van der Waals surface area (Å²) in [6, 6.07) is 7.05. The molecule has 2 heterocycles. The second-order valence-corrected chi connectivity index (χ2v) is 6.50. The van der Waals surface area contributed by atoms with Crippen LogP contribution in [0.1, 0.15) is 13.0 Å². The van der Waals surface area contributed by atoms with Gasteiger partial charge < -0.3 is 14.5 Å². The van der Waals surface area contributed by atoms with Gasteiger partial charge in [0.2, 0.25) is 0 Å². The second kappa shape index (κ2) is 7.21. The first-order valence-electron chi connectivity index (χ1n) is 8.23. The average Bonchev–Trinajstić information content (AvgIpc) is 3.02. The highest BCUT2D eigenvalue weighted by Gasteiger charge is 2.21. The van der Waals surface area contributed by atoms with Crippen molar-refractivity contribution in [1.82, 2.24) is 19.4 Å². The molecule has 0 amide bonds. The monoisotopic (exact) mass is 358 g/mol. The van der Waals surface area contributed by atoms with Crippen molar-refractivity contribution in [2.45, 2.75) is 13.0 Å². The van der Waals surface area contributed by atoms with E-state index < -0.39 is 11.6 Å². The molecule has 1 N–H and O–H groups in total. The molecule has 0 radical (unpaired) electrons. The lowest BCUT2D eigenvalue weighted by Crippen LogP contribution is -2.23. The van der Waals surface area contributed by atoms with Crippen LogP contribution in [0, 0.1) is 11.6 Å². The van der Waals surface area contributed by atoms with Crippen LogP contribution in [0.3, 0.4) is 0 Å². The van der Waals surface area contributed by atoms with E-state index in [4.69, 9.17) is 0 Å². The maximum Gasteiger partial charge on any atom is 0.257 e. The summed E-state index contributed by atoms with van der Waals surface area (Å²) in [6.07, 6.45) is 3.18. The fraction of sp³-hybridized carbons (Fsp3) is 0.263. The van der Waals surface area contributed by atoms with Crippen molar-refractivity contribution in [3.63, 3.8) is 0 Å². The van der Waals surface area contributed by atoms with Crippen molar-refractivity contribution in [3.05, 3.63) is 64.8 Å². The first-order chi connectivity index (χ1) is 12.4. The van der Waals surface area contributed by atoms with Crippen molar-refractivity contribution < 1.29 is 8.78 Å². The summed E-state index contributed by atoms with van der Waals surface area (Å²) in [7, 11) is 3.91. The molecule has 0 bridgehead atoms. The van der Waals surface area contributed by atoms with Crippen LogP contribution in [0.15, 0.2) is 47.7 Å². The molecule has 1 atom stereocenters. The number of hydrogen-bond donors (Lipinski definition) is 1. The van der Waals surface area contributed by atoms with E-state index in [9.17, 15) is 13.6 Å². The number of halogens is 2. The van der Waals surface area contributed by atoms with Gasteiger partial charge in [-0.05, 0) is 51.4 Å². The van der Waals surface area contributed by atoms with Crippen LogP contribution in [0.25, 0.3) is 22.5 Å². The molecule has 26 heavy (non-hydrogen) atoms. The number of nitrogens with zero attached hydrogens (tertiary/aromatic N) is 3. The smallest absolute Gasteiger partial charge is 0.257 e. The summed E-state index contributed by atoms with van der Waals surface area (Å²) < 4.78 is 28.9. The molecular formula is C19H20F2N4O. The summed E-state index contributed by atoms with van der Waals surface area (Å²) in [5.74, 6) is -1.88. The standard InChI is InChI=1S/C19H20F2N4O/c1-12(10-24(2)3)25-11-23-17(13-6-7-15(20)16(21)9-13)18(25)14-5-4-8-22-19(14)26/h4-9,11-12H,10H2,1-3H3,(H,22,26). The van der Waals surface area contributed by atoms with E-state index in [1.165, 1.54) is 6.07 Å². The molecule has 0 saturated carbocycles. The number of benzene rings is 1. The van der Waals surface area contributed by atoms with Gasteiger partial charge in [0.1, 0.15) is 0 Å². The van der Waals surface area contributed by atoms with Gasteiger partial charge in [-0.1, -0.05) is 0 Å². The van der Waals surface area contributed by atoms with Crippen LogP contribution in [0.2, 0.25) is 0 Å². The Kier molecular flexibility index (Phi) is 4.99. The van der Waals surface area contributed by atoms with Crippen LogP contribution in [0.5, 0.6) is 0 Å². The topological polar surface area (TPSA) is 53.9 Å². The molecule has 3 aromatic rings. The molecule has 5 nitrogen and oxygen atoms in total. The zero-order valence-electron chi connectivity index (χ0n) is 14.8. The van der Waals surface area contributed by atoms with Crippen molar-refractivity contribution in [2.24, 2.45) is 0 Å². The van der Waals surface area contributed by atoms with Crippen molar-refractivity contribution >= 4 is 0 Å². The van der Waals surface area contributed by atoms with Gasteiger partial charge in [-0.15, -0.1) is 0 Å². The number of aromatic nitrogens is 3. The van der Waals surface area contributed by atoms with E-state index in [1.807, 2.05) is 30.5 Å². The molecule has 0 saturated heterocycles. The molecule has 1 unspecified atom stereocenters. The third-order valence-electron chi connectivity index (χ3n) is 4.16. The number of imidazole rings is 1. The number of aromatic amines is 1. The Balaban J connectivity index is 2.22. The summed E-state index contributed by atoms with van der Waals surface area (Å²) in [5, 5.41) is 0. The molecule has 3 rings (SSSR count). The first kappa shape index (κ1) is 18.0. The minimum atomic E-state index is -0.952. The highest BCUT2D eigenvalue weighted by molar-refractivity contribution is 5.78. The van der Waals surface area contributed by atoms with Crippen LogP contribution in [-0.2, 0) is 0 Å². The van der Waals surface area contributed by atoms with Crippen LogP contribution < -0.4 is 5.56 Å². The zero-order chi connectivity index (χ0) is 18.8. The Bertz CT molecular complexity index is 978. The number of likely N-dealkylation sites (N-methyl/N-ethyl adjacent to an activating group) is 1. The number of nitrogens with one attached hydrogen (secondary N) is 1. The minimum absolute atomic E-state index is 0.0196. The van der Waals surface area contributed by atoms with E-state index in [-0.39, 0.29) is 11.6 Å². The quantitative estimate of drug-likeness (QED) is 0.761. The lowest BCUT2D eigenvalue weighted by atomic mass is 10.0. The third-order valence-corrected chi connectivity index (χ3v) is 4.16. The maximum absolute atomic E-state index is 13.7. The maximum atomic E-state index is 13.7. The summed E-state index contributed by atoms with van der Waals surface area (Å²) in [5.41, 5.74) is 1.59. The van der Waals surface area contributed by atoms with Crippen molar-refractivity contribution in [1.29, 1.82) is 0 Å². The van der Waals surface area contributed by atoms with Gasteiger partial charge in [0.15, 0.2) is 11.6 Å². The second-order valence-electron chi connectivity index (χ2n) is 6.50. The highest BCUT2D eigenvalue weighted by atomic mass is 19.2. The van der Waals surface area contributed by atoms with E-state index in [0.717, 1.165) is 18.7 Å². The molecule has 136 valence electrons. The fourth-order valence-electron chi connectivity index (χ4n) is 3.04. The van der Waals surface area contributed by atoms with Crippen LogP contribution in [0.4, 0.5) is 8.78 Å². The Morgan fingerprint density at radius 2 is 2.00 bits per heavy atom. The predicted octanol–water partition coefficient (Wildman–Crippen LogP) is 3.31. The summed E-state index contributed by atoms with van der Waals surface area (Å²) in [4.78, 5) is 21.5. The SMILES string of the molecule is CC(CN(C)C)n1cnc(-c2ccc(F)c(F)c2)c1-c1ccc[nH]c1=O. The van der Waals surface area contributed by atoms with E-state index >= 15 is 0 Å². The Morgan fingerprint density at radius 1 is 1.23 bits per heavy atom. The Morgan fingerprint density at radius 3 is 2.65 bits per heavy atom. The van der Waals surface area contributed by atoms with E-state index in [1.54, 1.807) is 24.7 Å². The third kappa shape index (κ3) is 3.43. The van der Waals surface area contributed by atoms with Crippen molar-refractivity contribution in [2.75, 3.05) is 20.6 Å². The summed E-state index contributed by atoms with van der Waals surface area (Å²) >= 11 is 0. The highest BCUT2D eigenvalue weighted by Crippen LogP contribution is 2.32. The fourth-order valence-corrected chi connectivity index (χ4v) is 3.04. The normalized spacial score (nSPS) is 12.5. The molecule has 2 aromatic heterocycles. The predicted molar refractivity (Wildman–Crippen MR) is 96.9 cm³/mol. The average molecular weight is 358 g/mol. The number of rotatable bonds is 5. The van der Waals surface area contributed by atoms with Gasteiger partial charge in [0.25, 0.3) is 5.56 Å². The van der Waals surface area contributed by atoms with Crippen molar-refractivity contribution in [3.8, 4) is 22.5 Å². The first-order valence-corrected chi connectivity index (χ1v) is 8.23. The number of H-pyrrole nitrogens is 1. The van der Waals surface area contributed by atoms with Crippen LogP contribution >= 0.6 is 0 Å². The van der Waals surface area contributed by atoms with Gasteiger partial charge in [-0.25, -0.2) is 13.8 Å². The van der Waals surface area contributed by atoms with Gasteiger partial charge in [-0.2, -0.15) is 0 Å².